The van der Waals surface area contributed by atoms with Crippen LogP contribution in [0.25, 0.3) is 0 Å². The Labute approximate surface area is 109 Å². The first-order chi connectivity index (χ1) is 7.68. The molecule has 2 nitrogen and oxygen atoms in total. The summed E-state index contributed by atoms with van der Waals surface area (Å²) in [5.41, 5.74) is 0.957. The molecule has 0 aromatic heterocycles. The molecule has 2 N–H and O–H groups in total. The van der Waals surface area contributed by atoms with Crippen LogP contribution in [0.1, 0.15) is 25.7 Å². The fourth-order valence-corrected chi connectivity index (χ4v) is 2.65. The molecule has 1 fully saturated rings. The third kappa shape index (κ3) is 2.70. The molecule has 0 amide bonds. The summed E-state index contributed by atoms with van der Waals surface area (Å²) in [5.74, 6) is 0. The molecule has 0 radical (unpaired) electrons. The molecular formula is C12H15BrClNO. The lowest BCUT2D eigenvalue weighted by Crippen LogP contribution is -2.36. The van der Waals surface area contributed by atoms with E-state index in [0.29, 0.717) is 5.02 Å². The summed E-state index contributed by atoms with van der Waals surface area (Å²) < 4.78 is 0.870. The minimum absolute atomic E-state index is 0.142. The summed E-state index contributed by atoms with van der Waals surface area (Å²) in [6, 6.07) is 5.86. The fraction of sp³-hybridized carbons (Fsp3) is 0.500. The predicted octanol–water partition coefficient (Wildman–Crippen LogP) is 3.82. The summed E-state index contributed by atoms with van der Waals surface area (Å²) in [4.78, 5) is 0. The lowest BCUT2D eigenvalue weighted by molar-refractivity contribution is 0.116. The number of nitrogens with one attached hydrogen (secondary N) is 1. The maximum absolute atomic E-state index is 9.88. The number of aliphatic hydroxyl groups is 1. The Bertz CT molecular complexity index is 372. The smallest absolute Gasteiger partial charge is 0.0741 e. The van der Waals surface area contributed by atoms with Gasteiger partial charge in [0.2, 0.25) is 0 Å². The van der Waals surface area contributed by atoms with Crippen LogP contribution in [0, 0.1) is 0 Å². The molecule has 1 aliphatic rings. The average Bonchev–Trinajstić information content (AvgIpc) is 2.28. The monoisotopic (exact) mass is 303 g/mol. The second-order valence-corrected chi connectivity index (χ2v) is 5.40. The molecule has 2 atom stereocenters. The molecule has 1 aromatic carbocycles. The highest BCUT2D eigenvalue weighted by molar-refractivity contribution is 9.10. The summed E-state index contributed by atoms with van der Waals surface area (Å²) in [7, 11) is 0. The maximum Gasteiger partial charge on any atom is 0.0741 e. The molecule has 0 aliphatic heterocycles. The van der Waals surface area contributed by atoms with E-state index >= 15 is 0 Å². The van der Waals surface area contributed by atoms with Crippen LogP contribution in [-0.4, -0.2) is 17.3 Å². The Kier molecular flexibility index (Phi) is 4.11. The first-order valence-electron chi connectivity index (χ1n) is 5.57. The van der Waals surface area contributed by atoms with Crippen molar-refractivity contribution >= 4 is 33.2 Å². The molecule has 2 rings (SSSR count). The van der Waals surface area contributed by atoms with Gasteiger partial charge in [0.25, 0.3) is 0 Å². The molecule has 1 saturated carbocycles. The van der Waals surface area contributed by atoms with Gasteiger partial charge in [-0.05, 0) is 40.9 Å². The van der Waals surface area contributed by atoms with E-state index < -0.39 is 0 Å². The van der Waals surface area contributed by atoms with Crippen LogP contribution in [-0.2, 0) is 0 Å². The van der Waals surface area contributed by atoms with Crippen LogP contribution in [0.2, 0.25) is 5.02 Å². The Morgan fingerprint density at radius 3 is 2.81 bits per heavy atom. The molecule has 0 spiro atoms. The van der Waals surface area contributed by atoms with Crippen LogP contribution < -0.4 is 5.32 Å². The normalized spacial score (nSPS) is 25.4. The zero-order chi connectivity index (χ0) is 11.5. The highest BCUT2D eigenvalue weighted by atomic mass is 79.9. The van der Waals surface area contributed by atoms with Crippen molar-refractivity contribution in [2.45, 2.75) is 37.8 Å². The summed E-state index contributed by atoms with van der Waals surface area (Å²) in [6.07, 6.45) is 3.94. The molecule has 1 aromatic rings. The van der Waals surface area contributed by atoms with Gasteiger partial charge in [0, 0.05) is 0 Å². The van der Waals surface area contributed by atoms with Crippen LogP contribution in [0.15, 0.2) is 22.7 Å². The summed E-state index contributed by atoms with van der Waals surface area (Å²) >= 11 is 9.47. The number of hydrogen-bond acceptors (Lipinski definition) is 2. The Hall–Kier alpha value is -0.250. The largest absolute Gasteiger partial charge is 0.391 e. The number of aliphatic hydroxyl groups excluding tert-OH is 1. The van der Waals surface area contributed by atoms with E-state index in [2.05, 4.69) is 21.2 Å². The van der Waals surface area contributed by atoms with Crippen molar-refractivity contribution in [1.29, 1.82) is 0 Å². The third-order valence-electron chi connectivity index (χ3n) is 3.02. The van der Waals surface area contributed by atoms with E-state index in [1.54, 1.807) is 0 Å². The van der Waals surface area contributed by atoms with Crippen LogP contribution in [0.5, 0.6) is 0 Å². The number of rotatable bonds is 2. The minimum Gasteiger partial charge on any atom is -0.391 e. The van der Waals surface area contributed by atoms with Gasteiger partial charge in [-0.3, -0.25) is 0 Å². The van der Waals surface area contributed by atoms with E-state index in [9.17, 15) is 5.11 Å². The van der Waals surface area contributed by atoms with Gasteiger partial charge in [-0.2, -0.15) is 0 Å². The molecule has 16 heavy (non-hydrogen) atoms. The SMILES string of the molecule is O[C@@H]1CCCC[C@H]1Nc1cccc(Cl)c1Br. The molecule has 4 heteroatoms. The molecule has 0 saturated heterocycles. The fourth-order valence-electron chi connectivity index (χ4n) is 2.09. The maximum atomic E-state index is 9.88. The van der Waals surface area contributed by atoms with Gasteiger partial charge in [-0.1, -0.05) is 30.5 Å². The van der Waals surface area contributed by atoms with Crippen LogP contribution >= 0.6 is 27.5 Å². The number of halogens is 2. The predicted molar refractivity (Wildman–Crippen MR) is 71.0 cm³/mol. The number of hydrogen-bond donors (Lipinski definition) is 2. The van der Waals surface area contributed by atoms with Gasteiger partial charge in [-0.25, -0.2) is 0 Å². The van der Waals surface area contributed by atoms with E-state index in [1.165, 1.54) is 6.42 Å². The van der Waals surface area contributed by atoms with Crippen molar-refractivity contribution < 1.29 is 5.11 Å². The van der Waals surface area contributed by atoms with E-state index in [1.807, 2.05) is 18.2 Å². The molecular weight excluding hydrogens is 289 g/mol. The Balaban J connectivity index is 2.10. The quantitative estimate of drug-likeness (QED) is 0.870. The number of benzene rings is 1. The number of anilines is 1. The Morgan fingerprint density at radius 1 is 1.31 bits per heavy atom. The van der Waals surface area contributed by atoms with E-state index in [4.69, 9.17) is 11.6 Å². The van der Waals surface area contributed by atoms with Crippen molar-refractivity contribution in [3.8, 4) is 0 Å². The van der Waals surface area contributed by atoms with Crippen molar-refractivity contribution in [3.05, 3.63) is 27.7 Å². The molecule has 0 unspecified atom stereocenters. The summed E-state index contributed by atoms with van der Waals surface area (Å²) in [5, 5.41) is 13.9. The third-order valence-corrected chi connectivity index (χ3v) is 4.42. The van der Waals surface area contributed by atoms with Crippen molar-refractivity contribution in [3.63, 3.8) is 0 Å². The van der Waals surface area contributed by atoms with Gasteiger partial charge in [0.1, 0.15) is 0 Å². The Morgan fingerprint density at radius 2 is 2.06 bits per heavy atom. The van der Waals surface area contributed by atoms with Gasteiger partial charge in [0.15, 0.2) is 0 Å². The molecule has 0 bridgehead atoms. The topological polar surface area (TPSA) is 32.3 Å². The first kappa shape index (κ1) is 12.2. The van der Waals surface area contributed by atoms with Gasteiger partial charge >= 0.3 is 0 Å². The molecule has 1 aliphatic carbocycles. The summed E-state index contributed by atoms with van der Waals surface area (Å²) in [6.45, 7) is 0. The van der Waals surface area contributed by atoms with Crippen LogP contribution in [0.3, 0.4) is 0 Å². The highest BCUT2D eigenvalue weighted by Crippen LogP contribution is 2.32. The van der Waals surface area contributed by atoms with E-state index in [-0.39, 0.29) is 12.1 Å². The van der Waals surface area contributed by atoms with Crippen molar-refractivity contribution in [1.82, 2.24) is 0 Å². The lowest BCUT2D eigenvalue weighted by Gasteiger charge is -2.29. The second-order valence-electron chi connectivity index (χ2n) is 4.20. The van der Waals surface area contributed by atoms with E-state index in [0.717, 1.165) is 29.4 Å². The van der Waals surface area contributed by atoms with Crippen LogP contribution in [0.4, 0.5) is 5.69 Å². The zero-order valence-electron chi connectivity index (χ0n) is 8.92. The van der Waals surface area contributed by atoms with Gasteiger partial charge < -0.3 is 10.4 Å². The van der Waals surface area contributed by atoms with Gasteiger partial charge in [0.05, 0.1) is 27.3 Å². The standard InChI is InChI=1S/C12H15BrClNO/c13-12-8(14)4-3-6-10(12)15-9-5-1-2-7-11(9)16/h3-4,6,9,11,15-16H,1-2,5,7H2/t9-,11-/m1/s1. The second kappa shape index (κ2) is 5.39. The zero-order valence-corrected chi connectivity index (χ0v) is 11.3. The lowest BCUT2D eigenvalue weighted by atomic mass is 9.92. The van der Waals surface area contributed by atoms with Crippen molar-refractivity contribution in [2.24, 2.45) is 0 Å². The highest BCUT2D eigenvalue weighted by Gasteiger charge is 2.23. The van der Waals surface area contributed by atoms with Crippen molar-refractivity contribution in [2.75, 3.05) is 5.32 Å². The average molecular weight is 305 g/mol. The first-order valence-corrected chi connectivity index (χ1v) is 6.74. The molecule has 88 valence electrons. The molecule has 0 heterocycles. The van der Waals surface area contributed by atoms with Gasteiger partial charge in [-0.15, -0.1) is 0 Å². The minimum atomic E-state index is -0.250.